The summed E-state index contributed by atoms with van der Waals surface area (Å²) in [7, 11) is 0. The topological polar surface area (TPSA) is 67.8 Å². The number of allylic oxidation sites excluding steroid dienone is 1. The molecule has 2 rings (SSSR count). The van der Waals surface area contributed by atoms with Crippen LogP contribution in [0.3, 0.4) is 0 Å². The summed E-state index contributed by atoms with van der Waals surface area (Å²) in [6.07, 6.45) is 0. The molecule has 0 aliphatic heterocycles. The van der Waals surface area contributed by atoms with E-state index >= 15 is 0 Å². The van der Waals surface area contributed by atoms with Crippen molar-refractivity contribution < 1.29 is 4.68 Å². The largest absolute Gasteiger partial charge is 0.759 e. The zero-order chi connectivity index (χ0) is 11.5. The van der Waals surface area contributed by atoms with Crippen LogP contribution in [0.15, 0.2) is 24.3 Å². The van der Waals surface area contributed by atoms with Gasteiger partial charge in [-0.15, -0.1) is 4.68 Å². The maximum Gasteiger partial charge on any atom is 0.253 e. The second kappa shape index (κ2) is 3.97. The zero-order valence-corrected chi connectivity index (χ0v) is 8.75. The predicted molar refractivity (Wildman–Crippen MR) is 59.3 cm³/mol. The van der Waals surface area contributed by atoms with Gasteiger partial charge in [-0.05, 0) is 19.1 Å². The molecule has 0 N–H and O–H groups in total. The van der Waals surface area contributed by atoms with Gasteiger partial charge >= 0.3 is 0 Å². The summed E-state index contributed by atoms with van der Waals surface area (Å²) in [6, 6.07) is 9.34. The molecular weight excluding hydrogens is 202 g/mol. The number of benzene rings is 1. The third kappa shape index (κ3) is 1.38. The molecule has 16 heavy (non-hydrogen) atoms. The maximum absolute atomic E-state index is 8.84. The highest BCUT2D eigenvalue weighted by Gasteiger charge is 2.18. The van der Waals surface area contributed by atoms with E-state index in [9.17, 15) is 0 Å². The normalized spacial score (nSPS) is 9.75. The molecule has 0 radical (unpaired) electrons. The molecule has 0 saturated carbocycles. The molecule has 0 bridgehead atoms. The van der Waals surface area contributed by atoms with Crippen LogP contribution in [-0.2, 0) is 6.54 Å². The van der Waals surface area contributed by atoms with Gasteiger partial charge in [-0.25, -0.2) is 5.87 Å². The van der Waals surface area contributed by atoms with Crippen LogP contribution in [0.5, 0.6) is 0 Å². The van der Waals surface area contributed by atoms with Gasteiger partial charge in [-0.1, -0.05) is 16.8 Å². The highest BCUT2D eigenvalue weighted by Crippen LogP contribution is 2.11. The minimum absolute atomic E-state index is 0.0246. The maximum atomic E-state index is 8.84. The van der Waals surface area contributed by atoms with Gasteiger partial charge in [-0.3, -0.25) is 0 Å². The number of aromatic nitrogens is 3. The number of nitrogens with zero attached hydrogens (tertiary/aromatic N) is 5. The number of rotatable bonds is 2. The van der Waals surface area contributed by atoms with E-state index < -0.39 is 0 Å². The lowest BCUT2D eigenvalue weighted by atomic mass is 10.3. The van der Waals surface area contributed by atoms with Crippen molar-refractivity contribution in [3.05, 3.63) is 29.7 Å². The predicted octanol–water partition coefficient (Wildman–Crippen LogP) is 0.947. The molecule has 1 heterocycles. The van der Waals surface area contributed by atoms with E-state index in [1.54, 1.807) is 4.68 Å². The highest BCUT2D eigenvalue weighted by molar-refractivity contribution is 5.92. The fraction of sp³-hybridized carbons (Fsp3) is 0.182. The molecule has 0 atom stereocenters. The van der Waals surface area contributed by atoms with Crippen LogP contribution in [-0.4, -0.2) is 15.8 Å². The van der Waals surface area contributed by atoms with Crippen molar-refractivity contribution in [3.63, 3.8) is 0 Å². The molecule has 0 amide bonds. The lowest BCUT2D eigenvalue weighted by molar-refractivity contribution is -0.728. The first kappa shape index (κ1) is 10.1. The Morgan fingerprint density at radius 2 is 2.31 bits per heavy atom. The summed E-state index contributed by atoms with van der Waals surface area (Å²) < 4.78 is 3.13. The third-order valence-corrected chi connectivity index (χ3v) is 2.31. The van der Waals surface area contributed by atoms with Crippen molar-refractivity contribution in [2.24, 2.45) is 0 Å². The first-order chi connectivity index (χ1) is 7.81. The number of fused-ring (bicyclic) bond motifs is 1. The molecule has 2 aromatic rings. The van der Waals surface area contributed by atoms with Gasteiger partial charge in [0.15, 0.2) is 11.6 Å². The van der Waals surface area contributed by atoms with Crippen molar-refractivity contribution in [2.75, 3.05) is 0 Å². The van der Waals surface area contributed by atoms with Crippen molar-refractivity contribution >= 4 is 22.6 Å². The molecule has 5 heteroatoms. The third-order valence-electron chi connectivity index (χ3n) is 2.31. The van der Waals surface area contributed by atoms with Gasteiger partial charge < -0.3 is 5.41 Å². The van der Waals surface area contributed by atoms with Crippen LogP contribution in [0.2, 0.25) is 0 Å². The van der Waals surface area contributed by atoms with E-state index in [1.807, 2.05) is 43.1 Å². The summed E-state index contributed by atoms with van der Waals surface area (Å²) in [6.45, 7) is 2.65. The number of hydrogen-bond acceptors (Lipinski definition) is 2. The first-order valence-electron chi connectivity index (χ1n) is 4.87. The molecule has 1 aromatic carbocycles. The van der Waals surface area contributed by atoms with Crippen LogP contribution in [0.25, 0.3) is 22.1 Å². The standard InChI is InChI=1S/C11H9N5/c1-2-15-10-5-3-4-6-11(10)16(14-15)9(7-12)8-13/h3-6H,2H2,1H3. The smallest absolute Gasteiger partial charge is 0.253 e. The van der Waals surface area contributed by atoms with Gasteiger partial charge in [0.25, 0.3) is 5.70 Å². The van der Waals surface area contributed by atoms with Crippen LogP contribution >= 0.6 is 0 Å². The quantitative estimate of drug-likeness (QED) is 0.421. The van der Waals surface area contributed by atoms with E-state index in [-0.39, 0.29) is 5.70 Å². The monoisotopic (exact) mass is 211 g/mol. The minimum atomic E-state index is -0.0246. The van der Waals surface area contributed by atoms with Gasteiger partial charge in [0.1, 0.15) is 6.54 Å². The second-order valence-corrected chi connectivity index (χ2v) is 3.18. The molecule has 0 aliphatic carbocycles. The molecule has 0 spiro atoms. The Morgan fingerprint density at radius 3 is 2.94 bits per heavy atom. The Bertz CT molecular complexity index is 625. The number of hydrogen-bond donors (Lipinski definition) is 0. The van der Waals surface area contributed by atoms with Crippen LogP contribution in [0.4, 0.5) is 0 Å². The Labute approximate surface area is 92.3 Å². The summed E-state index contributed by atoms with van der Waals surface area (Å²) in [5, 5.41) is 21.9. The lowest BCUT2D eigenvalue weighted by Crippen LogP contribution is -2.35. The minimum Gasteiger partial charge on any atom is -0.759 e. The molecule has 0 aliphatic rings. The van der Waals surface area contributed by atoms with Crippen molar-refractivity contribution in [3.8, 4) is 6.07 Å². The fourth-order valence-corrected chi connectivity index (χ4v) is 1.58. The second-order valence-electron chi connectivity index (χ2n) is 3.18. The summed E-state index contributed by atoms with van der Waals surface area (Å²) in [5.41, 5.74) is 1.65. The first-order valence-corrected chi connectivity index (χ1v) is 4.87. The number of nitriles is 1. The number of aryl methyl sites for hydroxylation is 1. The van der Waals surface area contributed by atoms with Crippen LogP contribution in [0, 0.1) is 11.3 Å². The fourth-order valence-electron chi connectivity index (χ4n) is 1.58. The Kier molecular flexibility index (Phi) is 2.50. The van der Waals surface area contributed by atoms with Crippen LogP contribution < -0.4 is 4.68 Å². The van der Waals surface area contributed by atoms with Gasteiger partial charge in [0, 0.05) is 0 Å². The number of para-hydroxylation sites is 2. The molecular formula is C11H9N5. The Balaban J connectivity index is 2.82. The molecule has 5 nitrogen and oxygen atoms in total. The van der Waals surface area contributed by atoms with Gasteiger partial charge in [-0.2, -0.15) is 5.26 Å². The highest BCUT2D eigenvalue weighted by atomic mass is 15.5. The van der Waals surface area contributed by atoms with E-state index in [2.05, 4.69) is 5.21 Å². The lowest BCUT2D eigenvalue weighted by Gasteiger charge is -1.87. The van der Waals surface area contributed by atoms with Gasteiger partial charge in [0.05, 0.1) is 5.21 Å². The van der Waals surface area contributed by atoms with Crippen molar-refractivity contribution in [1.82, 2.24) is 9.90 Å². The molecule has 0 saturated heterocycles. The zero-order valence-electron chi connectivity index (χ0n) is 8.75. The van der Waals surface area contributed by atoms with Gasteiger partial charge in [0.2, 0.25) is 5.52 Å². The summed E-state index contributed by atoms with van der Waals surface area (Å²) in [5.74, 6) is 1.84. The molecule has 0 fully saturated rings. The average Bonchev–Trinajstić information content (AvgIpc) is 2.70. The van der Waals surface area contributed by atoms with Crippen molar-refractivity contribution in [1.29, 1.82) is 5.26 Å². The van der Waals surface area contributed by atoms with E-state index in [1.165, 1.54) is 4.68 Å². The Morgan fingerprint density at radius 1 is 1.56 bits per heavy atom. The van der Waals surface area contributed by atoms with E-state index in [0.29, 0.717) is 6.54 Å². The van der Waals surface area contributed by atoms with E-state index in [0.717, 1.165) is 11.0 Å². The molecule has 0 unspecified atom stereocenters. The Hall–Kier alpha value is -2.44. The van der Waals surface area contributed by atoms with Crippen molar-refractivity contribution in [2.45, 2.75) is 13.5 Å². The SMILES string of the molecule is CC[n+]1nn(C(=C=[N-])C#N)c2ccccc21. The summed E-state index contributed by atoms with van der Waals surface area (Å²) >= 11 is 0. The average molecular weight is 211 g/mol. The van der Waals surface area contributed by atoms with Crippen LogP contribution in [0.1, 0.15) is 6.92 Å². The molecule has 78 valence electrons. The van der Waals surface area contributed by atoms with E-state index in [4.69, 9.17) is 10.7 Å². The summed E-state index contributed by atoms with van der Waals surface area (Å²) in [4.78, 5) is 0. The molecule has 1 aromatic heterocycles.